The van der Waals surface area contributed by atoms with Crippen molar-refractivity contribution in [2.24, 2.45) is 11.8 Å². The number of esters is 1. The highest BCUT2D eigenvalue weighted by molar-refractivity contribution is 5.71. The van der Waals surface area contributed by atoms with E-state index in [1.165, 1.54) is 32.1 Å². The summed E-state index contributed by atoms with van der Waals surface area (Å²) in [6.45, 7) is 2.40. The first kappa shape index (κ1) is 14.1. The third-order valence-electron chi connectivity index (χ3n) is 4.04. The van der Waals surface area contributed by atoms with E-state index in [-0.39, 0.29) is 11.9 Å². The summed E-state index contributed by atoms with van der Waals surface area (Å²) < 4.78 is 5.39. The van der Waals surface area contributed by atoms with Crippen LogP contribution >= 0.6 is 0 Å². The minimum absolute atomic E-state index is 0.0341. The maximum atomic E-state index is 12.0. The predicted octanol–water partition coefficient (Wildman–Crippen LogP) is 4.34. The van der Waals surface area contributed by atoms with Crippen LogP contribution in [-0.4, -0.2) is 5.97 Å². The van der Waals surface area contributed by atoms with Gasteiger partial charge in [-0.3, -0.25) is 4.79 Å². The van der Waals surface area contributed by atoms with E-state index < -0.39 is 0 Å². The van der Waals surface area contributed by atoms with Crippen molar-refractivity contribution in [3.05, 3.63) is 35.9 Å². The van der Waals surface area contributed by atoms with E-state index in [2.05, 4.69) is 0 Å². The molecule has 1 aliphatic rings. The molecule has 0 bridgehead atoms. The second-order valence-electron chi connectivity index (χ2n) is 5.73. The van der Waals surface area contributed by atoms with E-state index in [9.17, 15) is 4.79 Å². The summed E-state index contributed by atoms with van der Waals surface area (Å²) in [6, 6.07) is 9.87. The van der Waals surface area contributed by atoms with E-state index in [4.69, 9.17) is 4.74 Å². The Balaban J connectivity index is 1.72. The molecule has 104 valence electrons. The number of hydrogen-bond acceptors (Lipinski definition) is 2. The highest BCUT2D eigenvalue weighted by Gasteiger charge is 2.21. The third-order valence-corrected chi connectivity index (χ3v) is 4.04. The average Bonchev–Trinajstić information content (AvgIpc) is 2.47. The molecule has 0 radical (unpaired) electrons. The lowest BCUT2D eigenvalue weighted by atomic mass is 9.83. The Morgan fingerprint density at radius 3 is 2.58 bits per heavy atom. The third kappa shape index (κ3) is 4.70. The zero-order chi connectivity index (χ0) is 13.5. The zero-order valence-electron chi connectivity index (χ0n) is 11.8. The molecule has 1 aliphatic carbocycles. The molecule has 2 rings (SSSR count). The summed E-state index contributed by atoms with van der Waals surface area (Å²) in [6.07, 6.45) is 7.59. The monoisotopic (exact) mass is 260 g/mol. The van der Waals surface area contributed by atoms with Gasteiger partial charge in [-0.05, 0) is 17.9 Å². The largest absolute Gasteiger partial charge is 0.461 e. The number of carbonyl (C=O) groups is 1. The molecule has 2 heteroatoms. The Labute approximate surface area is 116 Å². The molecule has 1 aromatic rings. The molecule has 0 aromatic heterocycles. The van der Waals surface area contributed by atoms with Gasteiger partial charge in [0.2, 0.25) is 0 Å². The number of hydrogen-bond donors (Lipinski definition) is 0. The molecule has 0 unspecified atom stereocenters. The van der Waals surface area contributed by atoms with Crippen LogP contribution in [0.3, 0.4) is 0 Å². The molecule has 19 heavy (non-hydrogen) atoms. The lowest BCUT2D eigenvalue weighted by molar-refractivity contribution is -0.150. The molecule has 1 atom stereocenters. The van der Waals surface area contributed by atoms with Crippen molar-refractivity contribution in [3.63, 3.8) is 0 Å². The molecule has 1 fully saturated rings. The summed E-state index contributed by atoms with van der Waals surface area (Å²) in [5.74, 6) is 0.717. The summed E-state index contributed by atoms with van der Waals surface area (Å²) >= 11 is 0. The van der Waals surface area contributed by atoms with E-state index in [1.54, 1.807) is 0 Å². The molecule has 0 heterocycles. The minimum atomic E-state index is -0.0468. The zero-order valence-corrected chi connectivity index (χ0v) is 11.8. The molecule has 0 spiro atoms. The lowest BCUT2D eigenvalue weighted by Gasteiger charge is -2.23. The quantitative estimate of drug-likeness (QED) is 0.736. The standard InChI is InChI=1S/C17H24O2/c1-14(12-15-8-4-2-5-9-15)17(18)19-13-16-10-6-3-7-11-16/h3,6-7,10-11,14-15H,2,4-5,8-9,12-13H2,1H3/t14-/m0/s1. The predicted molar refractivity (Wildman–Crippen MR) is 76.6 cm³/mol. The Hall–Kier alpha value is -1.31. The minimum Gasteiger partial charge on any atom is -0.461 e. The lowest BCUT2D eigenvalue weighted by Crippen LogP contribution is -2.19. The van der Waals surface area contributed by atoms with Crippen LogP contribution in [0.25, 0.3) is 0 Å². The normalized spacial score (nSPS) is 17.9. The van der Waals surface area contributed by atoms with E-state index in [1.807, 2.05) is 37.3 Å². The topological polar surface area (TPSA) is 26.3 Å². The van der Waals surface area contributed by atoms with Gasteiger partial charge in [0.25, 0.3) is 0 Å². The Morgan fingerprint density at radius 1 is 1.21 bits per heavy atom. The molecule has 2 nitrogen and oxygen atoms in total. The molecule has 0 aliphatic heterocycles. The van der Waals surface area contributed by atoms with Crippen LogP contribution in [0.1, 0.15) is 51.0 Å². The second-order valence-corrected chi connectivity index (χ2v) is 5.73. The fourth-order valence-corrected chi connectivity index (χ4v) is 2.89. The van der Waals surface area contributed by atoms with Crippen molar-refractivity contribution in [3.8, 4) is 0 Å². The average molecular weight is 260 g/mol. The Bertz CT molecular complexity index is 380. The summed E-state index contributed by atoms with van der Waals surface area (Å²) in [7, 11) is 0. The molecule has 0 N–H and O–H groups in total. The van der Waals surface area contributed by atoms with E-state index >= 15 is 0 Å². The van der Waals surface area contributed by atoms with Crippen molar-refractivity contribution < 1.29 is 9.53 Å². The van der Waals surface area contributed by atoms with Crippen LogP contribution in [0.15, 0.2) is 30.3 Å². The van der Waals surface area contributed by atoms with Crippen molar-refractivity contribution in [1.82, 2.24) is 0 Å². The number of rotatable bonds is 5. The summed E-state index contributed by atoms with van der Waals surface area (Å²) in [4.78, 5) is 12.0. The maximum Gasteiger partial charge on any atom is 0.308 e. The van der Waals surface area contributed by atoms with Gasteiger partial charge < -0.3 is 4.74 Å². The first-order valence-corrected chi connectivity index (χ1v) is 7.46. The van der Waals surface area contributed by atoms with E-state index in [0.29, 0.717) is 6.61 Å². The van der Waals surface area contributed by atoms with Gasteiger partial charge in [0.15, 0.2) is 0 Å². The molecule has 1 aromatic carbocycles. The number of ether oxygens (including phenoxy) is 1. The SMILES string of the molecule is C[C@@H](CC1CCCCC1)C(=O)OCc1ccccc1. The van der Waals surface area contributed by atoms with Crippen molar-refractivity contribution in [2.75, 3.05) is 0 Å². The molecule has 1 saturated carbocycles. The number of carbonyl (C=O) groups excluding carboxylic acids is 1. The highest BCUT2D eigenvalue weighted by Crippen LogP contribution is 2.29. The van der Waals surface area contributed by atoms with Crippen molar-refractivity contribution >= 4 is 5.97 Å². The van der Waals surface area contributed by atoms with Crippen molar-refractivity contribution in [1.29, 1.82) is 0 Å². The van der Waals surface area contributed by atoms with Crippen LogP contribution < -0.4 is 0 Å². The fourth-order valence-electron chi connectivity index (χ4n) is 2.89. The van der Waals surface area contributed by atoms with Crippen LogP contribution in [0, 0.1) is 11.8 Å². The van der Waals surface area contributed by atoms with Crippen molar-refractivity contribution in [2.45, 2.75) is 52.1 Å². The van der Waals surface area contributed by atoms with Gasteiger partial charge >= 0.3 is 5.97 Å². The Kier molecular flexibility index (Phi) is 5.44. The first-order valence-electron chi connectivity index (χ1n) is 7.46. The molecule has 0 saturated heterocycles. The smallest absolute Gasteiger partial charge is 0.308 e. The fraction of sp³-hybridized carbons (Fsp3) is 0.588. The van der Waals surface area contributed by atoms with Crippen LogP contribution in [-0.2, 0) is 16.1 Å². The summed E-state index contributed by atoms with van der Waals surface area (Å²) in [5.41, 5.74) is 1.06. The van der Waals surface area contributed by atoms with Crippen LogP contribution in [0.5, 0.6) is 0 Å². The van der Waals surface area contributed by atoms with Gasteiger partial charge in [-0.1, -0.05) is 69.4 Å². The van der Waals surface area contributed by atoms with Gasteiger partial charge in [-0.25, -0.2) is 0 Å². The first-order chi connectivity index (χ1) is 9.25. The second kappa shape index (κ2) is 7.32. The van der Waals surface area contributed by atoms with Gasteiger partial charge in [0, 0.05) is 0 Å². The van der Waals surface area contributed by atoms with Gasteiger partial charge in [-0.2, -0.15) is 0 Å². The van der Waals surface area contributed by atoms with Gasteiger partial charge in [0.05, 0.1) is 5.92 Å². The highest BCUT2D eigenvalue weighted by atomic mass is 16.5. The molecule has 0 amide bonds. The van der Waals surface area contributed by atoms with E-state index in [0.717, 1.165) is 17.9 Å². The van der Waals surface area contributed by atoms with Gasteiger partial charge in [0.1, 0.15) is 6.61 Å². The molecular weight excluding hydrogens is 236 g/mol. The van der Waals surface area contributed by atoms with Crippen LogP contribution in [0.4, 0.5) is 0 Å². The maximum absolute atomic E-state index is 12.0. The Morgan fingerprint density at radius 2 is 1.89 bits per heavy atom. The van der Waals surface area contributed by atoms with Crippen LogP contribution in [0.2, 0.25) is 0 Å². The summed E-state index contributed by atoms with van der Waals surface area (Å²) in [5, 5.41) is 0. The van der Waals surface area contributed by atoms with Gasteiger partial charge in [-0.15, -0.1) is 0 Å². The molecular formula is C17H24O2. The number of benzene rings is 1.